The van der Waals surface area contributed by atoms with Gasteiger partial charge in [-0.3, -0.25) is 0 Å². The van der Waals surface area contributed by atoms with E-state index in [1.165, 1.54) is 50.3 Å². The van der Waals surface area contributed by atoms with Gasteiger partial charge in [0.05, 0.1) is 12.2 Å². The van der Waals surface area contributed by atoms with Gasteiger partial charge in [-0.15, -0.1) is 0 Å². The molecule has 0 unspecified atom stereocenters. The Morgan fingerprint density at radius 3 is 2.13 bits per heavy atom. The van der Waals surface area contributed by atoms with Gasteiger partial charge in [0.25, 0.3) is 0 Å². The zero-order valence-electron chi connectivity index (χ0n) is 34.1. The maximum Gasteiger partial charge on any atom is 0.419 e. The van der Waals surface area contributed by atoms with Crippen LogP contribution < -0.4 is 0 Å². The molecule has 304 valence electrons. The van der Waals surface area contributed by atoms with Crippen molar-refractivity contribution in [1.29, 1.82) is 0 Å². The molecule has 10 nitrogen and oxygen atoms in total. The summed E-state index contributed by atoms with van der Waals surface area (Å²) in [5.74, 6) is 0.0365. The summed E-state index contributed by atoms with van der Waals surface area (Å²) in [6, 6.07) is 2.80. The van der Waals surface area contributed by atoms with E-state index in [0.717, 1.165) is 23.0 Å². The van der Waals surface area contributed by atoms with Gasteiger partial charge in [0.2, 0.25) is 0 Å². The second-order valence-corrected chi connectivity index (χ2v) is 24.5. The van der Waals surface area contributed by atoms with Crippen LogP contribution in [-0.2, 0) is 27.9 Å². The van der Waals surface area contributed by atoms with Gasteiger partial charge < -0.3 is 28.2 Å². The van der Waals surface area contributed by atoms with Crippen molar-refractivity contribution in [1.82, 2.24) is 4.90 Å². The molecule has 1 heterocycles. The molecule has 0 bridgehead atoms. The van der Waals surface area contributed by atoms with Gasteiger partial charge in [-0.25, -0.2) is 19.3 Å². The third-order valence-electron chi connectivity index (χ3n) is 10.3. The summed E-state index contributed by atoms with van der Waals surface area (Å²) in [5.41, 5.74) is -1.44. The van der Waals surface area contributed by atoms with Crippen LogP contribution >= 0.6 is 0 Å². The fourth-order valence-electron chi connectivity index (χ4n) is 7.07. The number of ether oxygens (including phenoxy) is 3. The average Bonchev–Trinajstić information content (AvgIpc) is 3.15. The second-order valence-electron chi connectivity index (χ2n) is 15.3. The average molecular weight is 788 g/mol. The topological polar surface area (TPSA) is 121 Å². The Morgan fingerprint density at radius 2 is 1.59 bits per heavy atom. The van der Waals surface area contributed by atoms with Gasteiger partial charge in [0.15, 0.2) is 16.6 Å². The third-order valence-corrected chi connectivity index (χ3v) is 16.0. The highest BCUT2D eigenvalue weighted by atomic mass is 28.4. The molecule has 1 N–H and O–H groups in total. The highest BCUT2D eigenvalue weighted by Crippen LogP contribution is 2.35. The van der Waals surface area contributed by atoms with Crippen LogP contribution in [0.1, 0.15) is 79.1 Å². The van der Waals surface area contributed by atoms with E-state index in [-0.39, 0.29) is 38.5 Å². The Bertz CT molecular complexity index is 1280. The maximum absolute atomic E-state index is 13.2. The summed E-state index contributed by atoms with van der Waals surface area (Å²) in [6.07, 6.45) is 21.2. The Kier molecular flexibility index (Phi) is 20.8. The predicted molar refractivity (Wildman–Crippen MR) is 221 cm³/mol. The van der Waals surface area contributed by atoms with E-state index in [1.54, 1.807) is 12.2 Å². The molecule has 1 saturated carbocycles. The molecule has 2 aliphatic rings. The maximum atomic E-state index is 13.2. The van der Waals surface area contributed by atoms with Crippen LogP contribution in [0.3, 0.4) is 0 Å². The summed E-state index contributed by atoms with van der Waals surface area (Å²) in [7, 11) is -4.64. The number of hydrogen-bond donors (Lipinski definition) is 1. The minimum absolute atomic E-state index is 0.00939. The fourth-order valence-corrected chi connectivity index (χ4v) is 11.3. The number of allylic oxidation sites excluding steroid dienone is 3. The smallest absolute Gasteiger partial charge is 0.419 e. The van der Waals surface area contributed by atoms with Crippen LogP contribution in [-0.4, -0.2) is 88.5 Å². The van der Waals surface area contributed by atoms with Crippen LogP contribution in [0, 0.1) is 11.8 Å². The van der Waals surface area contributed by atoms with E-state index in [2.05, 4.69) is 46.1 Å². The fraction of sp³-hybridized carbons (Fsp3) is 0.643. The molecule has 12 heteroatoms. The first-order valence-corrected chi connectivity index (χ1v) is 26.0. The summed E-state index contributed by atoms with van der Waals surface area (Å²) in [5, 5.41) is 12.6. The van der Waals surface area contributed by atoms with E-state index < -0.39 is 58.7 Å². The van der Waals surface area contributed by atoms with E-state index in [4.69, 9.17) is 23.1 Å². The molecule has 0 aromatic rings. The second kappa shape index (κ2) is 23.8. The molecule has 2 amide bonds. The van der Waals surface area contributed by atoms with Crippen LogP contribution in [0.25, 0.3) is 0 Å². The lowest BCUT2D eigenvalue weighted by Crippen LogP contribution is -2.54. The first kappa shape index (κ1) is 47.1. The number of hydrogen-bond acceptors (Lipinski definition) is 9. The SMILES string of the molecule is C=CCOC(=O)N(CC[C@](/C=C/[C@@H]1OC(=O)C=C[C@@H]1CC)(O[Si](C)(C)C)[C@H](O)C[C@H](/C=C\C=C/C1CCCCC1)O[Si](CC)(CC)CC)C(=O)OCC=C. The van der Waals surface area contributed by atoms with Crippen molar-refractivity contribution in [2.45, 2.75) is 141 Å². The zero-order valence-corrected chi connectivity index (χ0v) is 36.1. The first-order chi connectivity index (χ1) is 25.7. The highest BCUT2D eigenvalue weighted by Gasteiger charge is 2.44. The normalized spacial score (nSPS) is 20.8. The number of imide groups is 1. The first-order valence-electron chi connectivity index (χ1n) is 20.0. The molecule has 0 aromatic carbocycles. The van der Waals surface area contributed by atoms with Crippen LogP contribution in [0.4, 0.5) is 9.59 Å². The Morgan fingerprint density at radius 1 is 0.981 bits per heavy atom. The molecular weight excluding hydrogens is 719 g/mol. The van der Waals surface area contributed by atoms with E-state index >= 15 is 0 Å². The number of carbonyl (C=O) groups excluding carboxylic acids is 3. The number of cyclic esters (lactones) is 1. The van der Waals surface area contributed by atoms with Crippen molar-refractivity contribution in [3.63, 3.8) is 0 Å². The van der Waals surface area contributed by atoms with E-state index in [1.807, 2.05) is 44.8 Å². The minimum Gasteiger partial charge on any atom is -0.454 e. The summed E-state index contributed by atoms with van der Waals surface area (Å²) in [4.78, 5) is 39.7. The number of aliphatic hydroxyl groups excluding tert-OH is 1. The molecule has 0 radical (unpaired) electrons. The molecule has 5 atom stereocenters. The van der Waals surface area contributed by atoms with Gasteiger partial charge in [-0.1, -0.05) is 109 Å². The number of carbonyl (C=O) groups is 3. The Labute approximate surface area is 327 Å². The Hall–Kier alpha value is -3.04. The van der Waals surface area contributed by atoms with Crippen molar-refractivity contribution in [3.05, 3.63) is 73.9 Å². The number of aliphatic hydroxyl groups is 1. The van der Waals surface area contributed by atoms with Gasteiger partial charge in [-0.05, 0) is 75.5 Å². The number of nitrogens with zero attached hydrogens (tertiary/aromatic N) is 1. The summed E-state index contributed by atoms with van der Waals surface area (Å²) < 4.78 is 30.3. The predicted octanol–water partition coefficient (Wildman–Crippen LogP) is 9.81. The van der Waals surface area contributed by atoms with Gasteiger partial charge in [-0.2, -0.15) is 0 Å². The van der Waals surface area contributed by atoms with Crippen molar-refractivity contribution in [2.24, 2.45) is 11.8 Å². The molecule has 1 fully saturated rings. The largest absolute Gasteiger partial charge is 0.454 e. The number of rotatable bonds is 23. The van der Waals surface area contributed by atoms with Crippen LogP contribution in [0.2, 0.25) is 37.8 Å². The molecule has 1 aliphatic heterocycles. The quantitative estimate of drug-likeness (QED) is 0.0355. The lowest BCUT2D eigenvalue weighted by atomic mass is 9.86. The van der Waals surface area contributed by atoms with E-state index in [9.17, 15) is 19.5 Å². The summed E-state index contributed by atoms with van der Waals surface area (Å²) >= 11 is 0. The molecule has 0 saturated heterocycles. The Balaban J connectivity index is 2.68. The molecular formula is C42H69NO9Si2. The van der Waals surface area contributed by atoms with Gasteiger partial charge in [0.1, 0.15) is 24.9 Å². The van der Waals surface area contributed by atoms with Gasteiger partial charge >= 0.3 is 18.2 Å². The zero-order chi connectivity index (χ0) is 40.2. The number of amides is 2. The molecule has 1 aliphatic carbocycles. The lowest BCUT2D eigenvalue weighted by Gasteiger charge is -2.43. The lowest BCUT2D eigenvalue weighted by molar-refractivity contribution is -0.143. The molecule has 0 spiro atoms. The standard InChI is InChI=1S/C42H69NO9Si2/c1-10-31-48-40(46)43(41(47)49-32-11-2)30-29-42(52-53(7,8)9,28-27-37-35(12-3)25-26-39(45)50-37)38(44)33-36(51-54(13-4,14-5)15-6)24-20-19-23-34-21-17-16-18-22-34/h10-11,19-20,23-28,34-38,44H,1-2,12-18,21-22,29-33H2,3-9H3/b23-19-,24-20-,28-27+/t35-,36-,37-,38+,42-/m0/s1. The van der Waals surface area contributed by atoms with Gasteiger partial charge in [0, 0.05) is 25.0 Å². The highest BCUT2D eigenvalue weighted by molar-refractivity contribution is 6.73. The van der Waals surface area contributed by atoms with Crippen molar-refractivity contribution < 1.29 is 42.6 Å². The van der Waals surface area contributed by atoms with Crippen LogP contribution in [0.5, 0.6) is 0 Å². The molecule has 0 aromatic heterocycles. The monoisotopic (exact) mass is 787 g/mol. The van der Waals surface area contributed by atoms with Crippen molar-refractivity contribution >= 4 is 34.8 Å². The van der Waals surface area contributed by atoms with Crippen LogP contribution in [0.15, 0.2) is 73.9 Å². The third kappa shape index (κ3) is 15.6. The molecule has 2 rings (SSSR count). The van der Waals surface area contributed by atoms with Crippen molar-refractivity contribution in [2.75, 3.05) is 19.8 Å². The minimum atomic E-state index is -2.49. The molecule has 54 heavy (non-hydrogen) atoms. The van der Waals surface area contributed by atoms with E-state index in [0.29, 0.717) is 12.3 Å². The number of esters is 1. The summed E-state index contributed by atoms with van der Waals surface area (Å²) in [6.45, 7) is 21.4. The van der Waals surface area contributed by atoms with Crippen molar-refractivity contribution in [3.8, 4) is 0 Å².